The molecule has 16 heavy (non-hydrogen) atoms. The van der Waals surface area contributed by atoms with Crippen LogP contribution in [0.5, 0.6) is 0 Å². The molecule has 88 valence electrons. The molecule has 0 saturated carbocycles. The Balaban J connectivity index is 2.96. The summed E-state index contributed by atoms with van der Waals surface area (Å²) in [5.41, 5.74) is 1.25. The molecular formula is C13H18FNO. The number of halogens is 1. The lowest BCUT2D eigenvalue weighted by atomic mass is 10.1. The topological polar surface area (TPSA) is 20.3 Å². The Labute approximate surface area is 96.1 Å². The molecule has 0 bridgehead atoms. The van der Waals surface area contributed by atoms with E-state index in [1.54, 1.807) is 24.9 Å². The molecule has 0 fully saturated rings. The van der Waals surface area contributed by atoms with Crippen molar-refractivity contribution in [1.29, 1.82) is 0 Å². The fraction of sp³-hybridized carbons (Fsp3) is 0.462. The third-order valence-corrected chi connectivity index (χ3v) is 2.99. The van der Waals surface area contributed by atoms with E-state index >= 15 is 0 Å². The first-order chi connectivity index (χ1) is 7.47. The molecular weight excluding hydrogens is 205 g/mol. The predicted octanol–water partition coefficient (Wildman–Crippen LogP) is 3.00. The van der Waals surface area contributed by atoms with E-state index in [1.807, 2.05) is 13.8 Å². The lowest BCUT2D eigenvalue weighted by molar-refractivity contribution is 0.0740. The number of benzene rings is 1. The highest BCUT2D eigenvalue weighted by molar-refractivity contribution is 5.95. The maximum absolute atomic E-state index is 12.9. The van der Waals surface area contributed by atoms with Crippen molar-refractivity contribution in [2.45, 2.75) is 33.2 Å². The first kappa shape index (κ1) is 12.7. The molecule has 1 atom stereocenters. The van der Waals surface area contributed by atoms with E-state index in [2.05, 4.69) is 0 Å². The van der Waals surface area contributed by atoms with E-state index in [9.17, 15) is 9.18 Å². The van der Waals surface area contributed by atoms with E-state index in [0.717, 1.165) is 6.42 Å². The van der Waals surface area contributed by atoms with Gasteiger partial charge in [0.2, 0.25) is 0 Å². The summed E-state index contributed by atoms with van der Waals surface area (Å²) in [5, 5.41) is 0. The molecule has 1 rings (SSSR count). The average Bonchev–Trinajstić information content (AvgIpc) is 2.26. The van der Waals surface area contributed by atoms with Crippen molar-refractivity contribution in [3.8, 4) is 0 Å². The van der Waals surface area contributed by atoms with Crippen LogP contribution in [0.1, 0.15) is 36.2 Å². The molecule has 0 saturated heterocycles. The van der Waals surface area contributed by atoms with Crippen LogP contribution in [0.3, 0.4) is 0 Å². The molecule has 1 unspecified atom stereocenters. The molecule has 1 aromatic rings. The lowest BCUT2D eigenvalue weighted by Gasteiger charge is -2.24. The van der Waals surface area contributed by atoms with Crippen molar-refractivity contribution in [3.63, 3.8) is 0 Å². The van der Waals surface area contributed by atoms with Crippen molar-refractivity contribution >= 4 is 5.91 Å². The maximum Gasteiger partial charge on any atom is 0.254 e. The molecule has 1 amide bonds. The molecule has 3 heteroatoms. The molecule has 0 aromatic heterocycles. The Hall–Kier alpha value is -1.38. The van der Waals surface area contributed by atoms with Crippen molar-refractivity contribution in [2.24, 2.45) is 0 Å². The van der Waals surface area contributed by atoms with Crippen LogP contribution in [0, 0.1) is 12.7 Å². The van der Waals surface area contributed by atoms with Gasteiger partial charge in [-0.25, -0.2) is 4.39 Å². The van der Waals surface area contributed by atoms with Gasteiger partial charge < -0.3 is 4.90 Å². The van der Waals surface area contributed by atoms with Crippen LogP contribution >= 0.6 is 0 Å². The molecule has 0 spiro atoms. The van der Waals surface area contributed by atoms with Gasteiger partial charge in [-0.3, -0.25) is 4.79 Å². The van der Waals surface area contributed by atoms with E-state index < -0.39 is 0 Å². The molecule has 1 aromatic carbocycles. The Kier molecular flexibility index (Phi) is 4.05. The van der Waals surface area contributed by atoms with Crippen LogP contribution in [0.25, 0.3) is 0 Å². The van der Waals surface area contributed by atoms with Crippen molar-refractivity contribution in [1.82, 2.24) is 4.90 Å². The van der Waals surface area contributed by atoms with Crippen molar-refractivity contribution in [3.05, 3.63) is 35.1 Å². The van der Waals surface area contributed by atoms with Gasteiger partial charge in [0.1, 0.15) is 5.82 Å². The second-order valence-corrected chi connectivity index (χ2v) is 4.13. The summed E-state index contributed by atoms with van der Waals surface area (Å²) < 4.78 is 12.9. The largest absolute Gasteiger partial charge is 0.339 e. The standard InChI is InChI=1S/C13H18FNO/c1-5-10(3)15(4)13(16)12-7-6-11(14)8-9(12)2/h6-8,10H,5H2,1-4H3. The summed E-state index contributed by atoms with van der Waals surface area (Å²) in [6.07, 6.45) is 0.905. The number of carbonyl (C=O) groups excluding carboxylic acids is 1. The van der Waals surface area contributed by atoms with Crippen molar-refractivity contribution in [2.75, 3.05) is 7.05 Å². The first-order valence-corrected chi connectivity index (χ1v) is 5.50. The van der Waals surface area contributed by atoms with Crippen LogP contribution in [-0.4, -0.2) is 23.9 Å². The maximum atomic E-state index is 12.9. The zero-order valence-corrected chi connectivity index (χ0v) is 10.2. The second kappa shape index (κ2) is 5.10. The zero-order valence-electron chi connectivity index (χ0n) is 10.2. The smallest absolute Gasteiger partial charge is 0.254 e. The summed E-state index contributed by atoms with van der Waals surface area (Å²) in [7, 11) is 1.78. The molecule has 0 radical (unpaired) electrons. The highest BCUT2D eigenvalue weighted by Crippen LogP contribution is 2.14. The second-order valence-electron chi connectivity index (χ2n) is 4.13. The third kappa shape index (κ3) is 2.60. The summed E-state index contributed by atoms with van der Waals surface area (Å²) in [5.74, 6) is -0.355. The molecule has 0 aliphatic heterocycles. The first-order valence-electron chi connectivity index (χ1n) is 5.50. The highest BCUT2D eigenvalue weighted by Gasteiger charge is 2.17. The zero-order chi connectivity index (χ0) is 12.3. The number of aryl methyl sites for hydroxylation is 1. The minimum Gasteiger partial charge on any atom is -0.339 e. The SMILES string of the molecule is CCC(C)N(C)C(=O)c1ccc(F)cc1C. The Morgan fingerprint density at radius 3 is 2.62 bits per heavy atom. The quantitative estimate of drug-likeness (QED) is 0.771. The van der Waals surface area contributed by atoms with Gasteiger partial charge in [-0.15, -0.1) is 0 Å². The summed E-state index contributed by atoms with van der Waals surface area (Å²) >= 11 is 0. The van der Waals surface area contributed by atoms with Crippen molar-refractivity contribution < 1.29 is 9.18 Å². The van der Waals surface area contributed by atoms with E-state index in [0.29, 0.717) is 11.1 Å². The van der Waals surface area contributed by atoms with Gasteiger partial charge in [0.05, 0.1) is 0 Å². The molecule has 0 aliphatic rings. The summed E-state index contributed by atoms with van der Waals surface area (Å²) in [6.45, 7) is 5.78. The molecule has 2 nitrogen and oxygen atoms in total. The van der Waals surface area contributed by atoms with Gasteiger partial charge in [0.15, 0.2) is 0 Å². The van der Waals surface area contributed by atoms with Crippen LogP contribution < -0.4 is 0 Å². The van der Waals surface area contributed by atoms with Gasteiger partial charge in [-0.1, -0.05) is 6.92 Å². The van der Waals surface area contributed by atoms with Crippen LogP contribution in [0.2, 0.25) is 0 Å². The third-order valence-electron chi connectivity index (χ3n) is 2.99. The normalized spacial score (nSPS) is 12.3. The summed E-state index contributed by atoms with van der Waals surface area (Å²) in [4.78, 5) is 13.8. The Morgan fingerprint density at radius 2 is 2.12 bits per heavy atom. The fourth-order valence-corrected chi connectivity index (χ4v) is 1.53. The number of nitrogens with zero attached hydrogens (tertiary/aromatic N) is 1. The number of hydrogen-bond acceptors (Lipinski definition) is 1. The number of rotatable bonds is 3. The Bertz CT molecular complexity index is 390. The van der Waals surface area contributed by atoms with Gasteiger partial charge in [0.25, 0.3) is 5.91 Å². The minimum atomic E-state index is -0.305. The van der Waals surface area contributed by atoms with Crippen LogP contribution in [0.15, 0.2) is 18.2 Å². The summed E-state index contributed by atoms with van der Waals surface area (Å²) in [6, 6.07) is 4.45. The fourth-order valence-electron chi connectivity index (χ4n) is 1.53. The highest BCUT2D eigenvalue weighted by atomic mass is 19.1. The molecule has 0 N–H and O–H groups in total. The average molecular weight is 223 g/mol. The number of hydrogen-bond donors (Lipinski definition) is 0. The van der Waals surface area contributed by atoms with E-state index in [-0.39, 0.29) is 17.8 Å². The van der Waals surface area contributed by atoms with Crippen LogP contribution in [-0.2, 0) is 0 Å². The van der Waals surface area contributed by atoms with Gasteiger partial charge in [-0.2, -0.15) is 0 Å². The van der Waals surface area contributed by atoms with Gasteiger partial charge >= 0.3 is 0 Å². The minimum absolute atomic E-state index is 0.0492. The van der Waals surface area contributed by atoms with Gasteiger partial charge in [0, 0.05) is 18.7 Å². The van der Waals surface area contributed by atoms with Crippen LogP contribution in [0.4, 0.5) is 4.39 Å². The predicted molar refractivity (Wildman–Crippen MR) is 63.0 cm³/mol. The molecule has 0 aliphatic carbocycles. The molecule has 0 heterocycles. The number of amides is 1. The number of carbonyl (C=O) groups is 1. The monoisotopic (exact) mass is 223 g/mol. The Morgan fingerprint density at radius 1 is 1.50 bits per heavy atom. The van der Waals surface area contributed by atoms with E-state index in [4.69, 9.17) is 0 Å². The van der Waals surface area contributed by atoms with E-state index in [1.165, 1.54) is 12.1 Å². The lowest BCUT2D eigenvalue weighted by Crippen LogP contribution is -2.34. The van der Waals surface area contributed by atoms with Gasteiger partial charge in [-0.05, 0) is 44.0 Å².